The highest BCUT2D eigenvalue weighted by Gasteiger charge is 2.20. The lowest BCUT2D eigenvalue weighted by molar-refractivity contribution is -0.807. The van der Waals surface area contributed by atoms with Crippen LogP contribution in [0, 0.1) is 6.92 Å². The number of tetrazole rings is 1. The molecule has 7 nitrogen and oxygen atoms in total. The monoisotopic (exact) mass is 236 g/mol. The lowest BCUT2D eigenvalue weighted by Gasteiger charge is -2.03. The number of H-pyrrole nitrogens is 2. The van der Waals surface area contributed by atoms with Gasteiger partial charge in [-0.2, -0.15) is 15.4 Å². The van der Waals surface area contributed by atoms with Crippen LogP contribution in [0.3, 0.4) is 0 Å². The second-order valence-electron chi connectivity index (χ2n) is 4.60. The van der Waals surface area contributed by atoms with Gasteiger partial charge in [0.15, 0.2) is 0 Å². The standard InChI is InChI=1S/C10H17N7/c1-6(2)10-13-16-17(14-10)5-7(3)9-8(4)11-15-12-9/h6-7H,5H2,1-4H3,(H,11,12,15)/p+1. The van der Waals surface area contributed by atoms with E-state index >= 15 is 0 Å². The van der Waals surface area contributed by atoms with E-state index in [0.29, 0.717) is 12.5 Å². The van der Waals surface area contributed by atoms with Crippen LogP contribution in [0.4, 0.5) is 0 Å². The number of nitrogens with one attached hydrogen (secondary N) is 2. The summed E-state index contributed by atoms with van der Waals surface area (Å²) in [7, 11) is 0. The molecule has 1 unspecified atom stereocenters. The molecule has 0 fully saturated rings. The molecule has 0 aliphatic heterocycles. The summed E-state index contributed by atoms with van der Waals surface area (Å²) in [6, 6.07) is 0. The van der Waals surface area contributed by atoms with E-state index in [2.05, 4.69) is 51.6 Å². The molecule has 0 bridgehead atoms. The minimum atomic E-state index is 0.242. The van der Waals surface area contributed by atoms with Crippen LogP contribution in [-0.4, -0.2) is 30.8 Å². The summed E-state index contributed by atoms with van der Waals surface area (Å²) in [5, 5.41) is 22.2. The van der Waals surface area contributed by atoms with Crippen molar-refractivity contribution >= 4 is 0 Å². The van der Waals surface area contributed by atoms with Gasteiger partial charge < -0.3 is 0 Å². The maximum absolute atomic E-state index is 4.38. The van der Waals surface area contributed by atoms with Crippen molar-refractivity contribution in [2.45, 2.75) is 46.1 Å². The van der Waals surface area contributed by atoms with E-state index in [1.165, 1.54) is 0 Å². The lowest BCUT2D eigenvalue weighted by Crippen LogP contribution is -2.41. The lowest BCUT2D eigenvalue weighted by atomic mass is 10.1. The number of aromatic amines is 2. The SMILES string of the molecule is Cc1n[nH]nc1C(C)C[n+]1nc(C(C)C)n[nH]1. The fourth-order valence-corrected chi connectivity index (χ4v) is 1.71. The Labute approximate surface area is 99.6 Å². The molecule has 0 aliphatic carbocycles. The predicted molar refractivity (Wildman–Crippen MR) is 60.2 cm³/mol. The van der Waals surface area contributed by atoms with Gasteiger partial charge >= 0.3 is 5.82 Å². The minimum absolute atomic E-state index is 0.242. The number of aromatic nitrogens is 7. The van der Waals surface area contributed by atoms with Crippen LogP contribution < -0.4 is 4.80 Å². The molecule has 0 spiro atoms. The molecule has 7 heteroatoms. The Bertz CT molecular complexity index is 484. The van der Waals surface area contributed by atoms with E-state index in [9.17, 15) is 0 Å². The van der Waals surface area contributed by atoms with Crippen molar-refractivity contribution in [2.24, 2.45) is 0 Å². The highest BCUT2D eigenvalue weighted by molar-refractivity contribution is 5.09. The van der Waals surface area contributed by atoms with Crippen molar-refractivity contribution in [3.63, 3.8) is 0 Å². The van der Waals surface area contributed by atoms with E-state index in [1.807, 2.05) is 6.92 Å². The molecule has 2 heterocycles. The zero-order valence-corrected chi connectivity index (χ0v) is 10.6. The first-order valence-electron chi connectivity index (χ1n) is 5.77. The van der Waals surface area contributed by atoms with Crippen molar-refractivity contribution in [1.82, 2.24) is 30.8 Å². The normalized spacial score (nSPS) is 13.2. The molecule has 0 amide bonds. The van der Waals surface area contributed by atoms with Crippen LogP contribution in [0.2, 0.25) is 0 Å². The first-order chi connectivity index (χ1) is 8.08. The average Bonchev–Trinajstić information content (AvgIpc) is 2.86. The molecule has 2 N–H and O–H groups in total. The Morgan fingerprint density at radius 1 is 1.18 bits per heavy atom. The Kier molecular flexibility index (Phi) is 3.16. The van der Waals surface area contributed by atoms with Gasteiger partial charge in [-0.3, -0.25) is 0 Å². The molecule has 2 aromatic rings. The molecule has 17 heavy (non-hydrogen) atoms. The van der Waals surface area contributed by atoms with Crippen molar-refractivity contribution in [1.29, 1.82) is 0 Å². The van der Waals surface area contributed by atoms with E-state index in [1.54, 1.807) is 4.80 Å². The van der Waals surface area contributed by atoms with Gasteiger partial charge in [0.1, 0.15) is 6.54 Å². The van der Waals surface area contributed by atoms with Gasteiger partial charge in [0, 0.05) is 11.8 Å². The first kappa shape index (κ1) is 11.7. The third-order valence-corrected chi connectivity index (χ3v) is 2.69. The second-order valence-corrected chi connectivity index (χ2v) is 4.60. The Morgan fingerprint density at radius 3 is 2.47 bits per heavy atom. The summed E-state index contributed by atoms with van der Waals surface area (Å²) >= 11 is 0. The molecular weight excluding hydrogens is 218 g/mol. The highest BCUT2D eigenvalue weighted by atomic mass is 15.6. The molecule has 0 aliphatic rings. The van der Waals surface area contributed by atoms with Gasteiger partial charge in [0.25, 0.3) is 0 Å². The quantitative estimate of drug-likeness (QED) is 0.754. The molecule has 2 rings (SSSR count). The highest BCUT2D eigenvalue weighted by Crippen LogP contribution is 2.14. The first-order valence-corrected chi connectivity index (χ1v) is 5.77. The Hall–Kier alpha value is -1.79. The van der Waals surface area contributed by atoms with Crippen LogP contribution in [0.15, 0.2) is 0 Å². The largest absolute Gasteiger partial charge is 0.310 e. The predicted octanol–water partition coefficient (Wildman–Crippen LogP) is 0.446. The number of rotatable bonds is 4. The third kappa shape index (κ3) is 2.48. The maximum atomic E-state index is 4.38. The summed E-state index contributed by atoms with van der Waals surface area (Å²) in [5.74, 6) is 1.40. The molecule has 0 saturated heterocycles. The van der Waals surface area contributed by atoms with Gasteiger partial charge in [0.2, 0.25) is 0 Å². The zero-order valence-electron chi connectivity index (χ0n) is 10.6. The molecule has 2 aromatic heterocycles. The van der Waals surface area contributed by atoms with Crippen LogP contribution in [0.25, 0.3) is 0 Å². The number of hydrogen-bond acceptors (Lipinski definition) is 4. The third-order valence-electron chi connectivity index (χ3n) is 2.69. The van der Waals surface area contributed by atoms with Crippen LogP contribution >= 0.6 is 0 Å². The van der Waals surface area contributed by atoms with Crippen LogP contribution in [-0.2, 0) is 6.54 Å². The zero-order chi connectivity index (χ0) is 12.4. The van der Waals surface area contributed by atoms with E-state index < -0.39 is 0 Å². The summed E-state index contributed by atoms with van der Waals surface area (Å²) in [6.45, 7) is 8.89. The van der Waals surface area contributed by atoms with Gasteiger partial charge in [-0.1, -0.05) is 25.6 Å². The van der Waals surface area contributed by atoms with Gasteiger partial charge in [-0.05, 0) is 17.2 Å². The molecule has 0 radical (unpaired) electrons. The molecular formula is C10H18N7+. The fourth-order valence-electron chi connectivity index (χ4n) is 1.71. The van der Waals surface area contributed by atoms with E-state index in [4.69, 9.17) is 0 Å². The fraction of sp³-hybridized carbons (Fsp3) is 0.700. The number of hydrogen-bond donors (Lipinski definition) is 2. The van der Waals surface area contributed by atoms with Crippen molar-refractivity contribution in [3.05, 3.63) is 17.2 Å². The van der Waals surface area contributed by atoms with Crippen molar-refractivity contribution in [3.8, 4) is 0 Å². The summed E-state index contributed by atoms with van der Waals surface area (Å²) in [6.07, 6.45) is 0. The van der Waals surface area contributed by atoms with Gasteiger partial charge in [-0.25, -0.2) is 0 Å². The Balaban J connectivity index is 2.08. The average molecular weight is 236 g/mol. The van der Waals surface area contributed by atoms with Crippen molar-refractivity contribution in [2.75, 3.05) is 0 Å². The summed E-state index contributed by atoms with van der Waals surface area (Å²) in [5.41, 5.74) is 1.90. The van der Waals surface area contributed by atoms with E-state index in [0.717, 1.165) is 17.2 Å². The number of aryl methyl sites for hydroxylation is 1. The van der Waals surface area contributed by atoms with E-state index in [-0.39, 0.29) is 5.92 Å². The minimum Gasteiger partial charge on any atom is -0.197 e. The summed E-state index contributed by atoms with van der Waals surface area (Å²) in [4.78, 5) is 1.74. The van der Waals surface area contributed by atoms with Crippen LogP contribution in [0.1, 0.15) is 49.8 Å². The molecule has 1 atom stereocenters. The Morgan fingerprint density at radius 2 is 1.94 bits per heavy atom. The maximum Gasteiger partial charge on any atom is 0.310 e. The van der Waals surface area contributed by atoms with Gasteiger partial charge in [-0.15, -0.1) is 0 Å². The molecule has 92 valence electrons. The summed E-state index contributed by atoms with van der Waals surface area (Å²) < 4.78 is 0. The van der Waals surface area contributed by atoms with Crippen molar-refractivity contribution < 1.29 is 4.80 Å². The molecule has 0 aromatic carbocycles. The second kappa shape index (κ2) is 4.60. The number of nitrogens with zero attached hydrogens (tertiary/aromatic N) is 5. The smallest absolute Gasteiger partial charge is 0.197 e. The molecule has 0 saturated carbocycles. The van der Waals surface area contributed by atoms with Gasteiger partial charge in [0.05, 0.1) is 16.5 Å². The topological polar surface area (TPSA) is 87.0 Å². The van der Waals surface area contributed by atoms with Crippen LogP contribution in [0.5, 0.6) is 0 Å².